The van der Waals surface area contributed by atoms with Gasteiger partial charge < -0.3 is 0 Å². The van der Waals surface area contributed by atoms with Crippen molar-refractivity contribution in [1.29, 1.82) is 5.41 Å². The van der Waals surface area contributed by atoms with Crippen molar-refractivity contribution >= 4 is 17.4 Å². The Morgan fingerprint density at radius 1 is 0.917 bits per heavy atom. The van der Waals surface area contributed by atoms with Crippen LogP contribution in [-0.4, -0.2) is 17.4 Å². The maximum atomic E-state index is 7.24. The lowest BCUT2D eigenvalue weighted by molar-refractivity contribution is 0.883. The second-order valence-corrected chi connectivity index (χ2v) is 2.72. The van der Waals surface area contributed by atoms with Crippen LogP contribution in [0.3, 0.4) is 0 Å². The highest BCUT2D eigenvalue weighted by atomic mass is 15.5. The molecular weight excluding hydrogens is 154 g/mol. The van der Waals surface area contributed by atoms with Gasteiger partial charge in [-0.1, -0.05) is 0 Å². The molecule has 5 heteroatoms. The van der Waals surface area contributed by atoms with Crippen LogP contribution in [0.25, 0.3) is 0 Å². The maximum absolute atomic E-state index is 7.24. The van der Waals surface area contributed by atoms with E-state index in [1.54, 1.807) is 0 Å². The van der Waals surface area contributed by atoms with Crippen molar-refractivity contribution in [2.75, 3.05) is 0 Å². The van der Waals surface area contributed by atoms with Gasteiger partial charge in [0.05, 0.1) is 0 Å². The normalized spacial score (nSPS) is 8.33. The number of hydrazone groups is 2. The first kappa shape index (κ1) is 10.6. The summed E-state index contributed by atoms with van der Waals surface area (Å²) in [6.07, 6.45) is 0. The number of rotatable bonds is 2. The lowest BCUT2D eigenvalue weighted by Crippen LogP contribution is -2.30. The van der Waals surface area contributed by atoms with Crippen LogP contribution in [0.15, 0.2) is 10.2 Å². The topological polar surface area (TPSA) is 72.6 Å². The molecule has 12 heavy (non-hydrogen) atoms. The van der Waals surface area contributed by atoms with Crippen molar-refractivity contribution in [2.45, 2.75) is 27.7 Å². The molecule has 0 aliphatic heterocycles. The maximum Gasteiger partial charge on any atom is 0.230 e. The van der Waals surface area contributed by atoms with Crippen LogP contribution in [0.2, 0.25) is 0 Å². The van der Waals surface area contributed by atoms with Crippen molar-refractivity contribution in [1.82, 2.24) is 10.9 Å². The largest absolute Gasteiger partial charge is 0.266 e. The van der Waals surface area contributed by atoms with Crippen molar-refractivity contribution in [3.05, 3.63) is 0 Å². The quantitative estimate of drug-likeness (QED) is 0.326. The molecule has 5 nitrogen and oxygen atoms in total. The van der Waals surface area contributed by atoms with Crippen LogP contribution in [0.1, 0.15) is 27.7 Å². The fraction of sp³-hybridized carbons (Fsp3) is 0.571. The Bertz CT molecular complexity index is 186. The molecule has 0 radical (unpaired) electrons. The van der Waals surface area contributed by atoms with E-state index in [1.807, 2.05) is 27.7 Å². The van der Waals surface area contributed by atoms with Crippen LogP contribution < -0.4 is 10.9 Å². The summed E-state index contributed by atoms with van der Waals surface area (Å²) in [5, 5.41) is 14.9. The van der Waals surface area contributed by atoms with Gasteiger partial charge in [-0.2, -0.15) is 10.2 Å². The summed E-state index contributed by atoms with van der Waals surface area (Å²) in [6.45, 7) is 7.37. The molecule has 0 fully saturated rings. The van der Waals surface area contributed by atoms with E-state index in [1.165, 1.54) is 0 Å². The summed E-state index contributed by atoms with van der Waals surface area (Å²) < 4.78 is 0. The van der Waals surface area contributed by atoms with Crippen molar-refractivity contribution in [3.8, 4) is 0 Å². The zero-order valence-electron chi connectivity index (χ0n) is 7.89. The Morgan fingerprint density at radius 2 is 1.25 bits per heavy atom. The molecule has 0 spiro atoms. The van der Waals surface area contributed by atoms with E-state index in [4.69, 9.17) is 5.41 Å². The van der Waals surface area contributed by atoms with E-state index in [-0.39, 0.29) is 5.96 Å². The van der Waals surface area contributed by atoms with Crippen molar-refractivity contribution in [2.24, 2.45) is 10.2 Å². The molecule has 3 N–H and O–H groups in total. The minimum absolute atomic E-state index is 0.0670. The molecule has 0 aromatic carbocycles. The van der Waals surface area contributed by atoms with Gasteiger partial charge in [-0.3, -0.25) is 5.41 Å². The van der Waals surface area contributed by atoms with Crippen LogP contribution in [0.5, 0.6) is 0 Å². The van der Waals surface area contributed by atoms with E-state index in [0.29, 0.717) is 0 Å². The van der Waals surface area contributed by atoms with Crippen LogP contribution >= 0.6 is 0 Å². The Labute approximate surface area is 72.4 Å². The first-order valence-electron chi connectivity index (χ1n) is 3.64. The molecule has 0 aliphatic rings. The monoisotopic (exact) mass is 169 g/mol. The molecule has 0 amide bonds. The zero-order chi connectivity index (χ0) is 9.56. The predicted octanol–water partition coefficient (Wildman–Crippen LogP) is 0.892. The zero-order valence-corrected chi connectivity index (χ0v) is 7.89. The summed E-state index contributed by atoms with van der Waals surface area (Å²) in [6, 6.07) is 0. The molecule has 0 heterocycles. The third-order valence-electron chi connectivity index (χ3n) is 0.783. The van der Waals surface area contributed by atoms with Crippen molar-refractivity contribution in [3.63, 3.8) is 0 Å². The van der Waals surface area contributed by atoms with E-state index in [0.717, 1.165) is 11.4 Å². The molecule has 0 aliphatic carbocycles. The molecule has 0 saturated heterocycles. The molecule has 0 atom stereocenters. The summed E-state index contributed by atoms with van der Waals surface area (Å²) in [4.78, 5) is 0. The highest BCUT2D eigenvalue weighted by Gasteiger charge is 1.88. The number of hydrogen-bond donors (Lipinski definition) is 3. The molecule has 0 aromatic rings. The molecule has 0 rings (SSSR count). The standard InChI is InChI=1S/C7H15N5/c1-5(2)9-11-7(8)12-10-6(3)4/h1-4H3,(H3,8,11,12). The average molecular weight is 169 g/mol. The van der Waals surface area contributed by atoms with Crippen LogP contribution in [0, 0.1) is 5.41 Å². The molecular formula is C7H15N5. The first-order chi connectivity index (χ1) is 5.52. The average Bonchev–Trinajstić information content (AvgIpc) is 1.96. The van der Waals surface area contributed by atoms with Gasteiger partial charge in [0.1, 0.15) is 0 Å². The highest BCUT2D eigenvalue weighted by molar-refractivity contribution is 5.84. The van der Waals surface area contributed by atoms with Gasteiger partial charge in [-0.15, -0.1) is 0 Å². The van der Waals surface area contributed by atoms with Gasteiger partial charge in [0.15, 0.2) is 0 Å². The Hall–Kier alpha value is -1.39. The Kier molecular flexibility index (Phi) is 4.67. The second kappa shape index (κ2) is 5.29. The second-order valence-electron chi connectivity index (χ2n) is 2.72. The van der Waals surface area contributed by atoms with E-state index < -0.39 is 0 Å². The Balaban J connectivity index is 3.76. The highest BCUT2D eigenvalue weighted by Crippen LogP contribution is 1.72. The summed E-state index contributed by atoms with van der Waals surface area (Å²) in [5.41, 5.74) is 6.70. The fourth-order valence-corrected chi connectivity index (χ4v) is 0.360. The molecule has 0 saturated carbocycles. The number of nitrogens with zero attached hydrogens (tertiary/aromatic N) is 2. The number of guanidine groups is 1. The lowest BCUT2D eigenvalue weighted by Gasteiger charge is -2.01. The van der Waals surface area contributed by atoms with E-state index in [9.17, 15) is 0 Å². The van der Waals surface area contributed by atoms with Gasteiger partial charge in [0.25, 0.3) is 0 Å². The molecule has 0 bridgehead atoms. The van der Waals surface area contributed by atoms with Crippen molar-refractivity contribution < 1.29 is 0 Å². The van der Waals surface area contributed by atoms with Gasteiger partial charge in [0, 0.05) is 11.4 Å². The minimum Gasteiger partial charge on any atom is -0.266 e. The predicted molar refractivity (Wildman–Crippen MR) is 51.6 cm³/mol. The third-order valence-corrected chi connectivity index (χ3v) is 0.783. The lowest BCUT2D eigenvalue weighted by atomic mass is 10.5. The minimum atomic E-state index is 0.0670. The van der Waals surface area contributed by atoms with Gasteiger partial charge in [0.2, 0.25) is 5.96 Å². The summed E-state index contributed by atoms with van der Waals surface area (Å²) in [7, 11) is 0. The Morgan fingerprint density at radius 3 is 1.50 bits per heavy atom. The molecule has 0 unspecified atom stereocenters. The number of nitrogens with one attached hydrogen (secondary N) is 3. The summed E-state index contributed by atoms with van der Waals surface area (Å²) in [5.74, 6) is 0.0670. The molecule has 0 aromatic heterocycles. The summed E-state index contributed by atoms with van der Waals surface area (Å²) >= 11 is 0. The first-order valence-corrected chi connectivity index (χ1v) is 3.64. The number of hydrogen-bond acceptors (Lipinski definition) is 3. The van der Waals surface area contributed by atoms with Gasteiger partial charge in [-0.25, -0.2) is 10.9 Å². The van der Waals surface area contributed by atoms with E-state index >= 15 is 0 Å². The van der Waals surface area contributed by atoms with Crippen LogP contribution in [-0.2, 0) is 0 Å². The fourth-order valence-electron chi connectivity index (χ4n) is 0.360. The van der Waals surface area contributed by atoms with Gasteiger partial charge in [-0.05, 0) is 27.7 Å². The van der Waals surface area contributed by atoms with Gasteiger partial charge >= 0.3 is 0 Å². The molecule has 68 valence electrons. The smallest absolute Gasteiger partial charge is 0.230 e. The van der Waals surface area contributed by atoms with E-state index in [2.05, 4.69) is 21.1 Å². The third kappa shape index (κ3) is 6.73. The SMILES string of the molecule is CC(C)=NNC(=N)NN=C(C)C. The van der Waals surface area contributed by atoms with Crippen LogP contribution in [0.4, 0.5) is 0 Å².